The number of alkyl halides is 2. The van der Waals surface area contributed by atoms with Crippen LogP contribution in [0, 0.1) is 5.92 Å². The number of aryl methyl sites for hydroxylation is 1. The molecule has 0 saturated heterocycles. The zero-order chi connectivity index (χ0) is 19.1. The minimum absolute atomic E-state index is 0.277. The third-order valence-electron chi connectivity index (χ3n) is 4.71. The SMILES string of the molecule is CCN(CC)S(=O)(=O)c1ccc2c(c1)nc(SCC1CC1(Cl)Cl)n2CC. The molecule has 1 aromatic heterocycles. The van der Waals surface area contributed by atoms with Gasteiger partial charge in [0, 0.05) is 31.3 Å². The molecule has 1 heterocycles. The van der Waals surface area contributed by atoms with Crippen LogP contribution in [0.15, 0.2) is 28.3 Å². The Morgan fingerprint density at radius 2 is 1.96 bits per heavy atom. The lowest BCUT2D eigenvalue weighted by Gasteiger charge is -2.18. The number of rotatable bonds is 8. The Hall–Kier alpha value is -0.470. The molecule has 0 amide bonds. The number of thioether (sulfide) groups is 1. The average Bonchev–Trinajstić information content (AvgIpc) is 3.06. The van der Waals surface area contributed by atoms with Crippen molar-refractivity contribution in [3.8, 4) is 0 Å². The van der Waals surface area contributed by atoms with Crippen LogP contribution in [-0.2, 0) is 16.6 Å². The summed E-state index contributed by atoms with van der Waals surface area (Å²) in [5, 5.41) is 0.871. The van der Waals surface area contributed by atoms with E-state index in [0.717, 1.165) is 29.4 Å². The second-order valence-corrected chi connectivity index (χ2v) is 10.8. The van der Waals surface area contributed by atoms with E-state index in [2.05, 4.69) is 16.5 Å². The molecule has 1 aliphatic rings. The first kappa shape index (κ1) is 20.3. The Labute approximate surface area is 169 Å². The summed E-state index contributed by atoms with van der Waals surface area (Å²) in [4.78, 5) is 4.96. The van der Waals surface area contributed by atoms with Gasteiger partial charge in [-0.3, -0.25) is 0 Å². The molecule has 2 aromatic rings. The molecule has 1 atom stereocenters. The molecule has 0 spiro atoms. The molecule has 1 aromatic carbocycles. The van der Waals surface area contributed by atoms with Crippen LogP contribution in [0.5, 0.6) is 0 Å². The van der Waals surface area contributed by atoms with Crippen LogP contribution >= 0.6 is 35.0 Å². The topological polar surface area (TPSA) is 55.2 Å². The minimum atomic E-state index is -3.49. The summed E-state index contributed by atoms with van der Waals surface area (Å²) in [6.07, 6.45) is 0.807. The van der Waals surface area contributed by atoms with Gasteiger partial charge in [-0.1, -0.05) is 25.6 Å². The second-order valence-electron chi connectivity index (χ2n) is 6.35. The first-order chi connectivity index (χ1) is 12.2. The predicted octanol–water partition coefficient (Wildman–Crippen LogP) is 4.37. The van der Waals surface area contributed by atoms with E-state index < -0.39 is 14.4 Å². The zero-order valence-electron chi connectivity index (χ0n) is 15.1. The van der Waals surface area contributed by atoms with E-state index in [9.17, 15) is 8.42 Å². The van der Waals surface area contributed by atoms with Crippen molar-refractivity contribution < 1.29 is 8.42 Å². The molecule has 5 nitrogen and oxygen atoms in total. The maximum atomic E-state index is 12.8. The maximum absolute atomic E-state index is 12.8. The quantitative estimate of drug-likeness (QED) is 0.456. The highest BCUT2D eigenvalue weighted by Gasteiger charge is 2.51. The largest absolute Gasteiger partial charge is 0.319 e. The smallest absolute Gasteiger partial charge is 0.243 e. The van der Waals surface area contributed by atoms with Crippen LogP contribution in [-0.4, -0.2) is 45.4 Å². The number of aromatic nitrogens is 2. The first-order valence-electron chi connectivity index (χ1n) is 8.75. The molecule has 0 N–H and O–H groups in total. The van der Waals surface area contributed by atoms with Gasteiger partial charge < -0.3 is 4.57 Å². The number of benzene rings is 1. The van der Waals surface area contributed by atoms with Gasteiger partial charge in [0.15, 0.2) is 5.16 Å². The predicted molar refractivity (Wildman–Crippen MR) is 109 cm³/mol. The van der Waals surface area contributed by atoms with Gasteiger partial charge in [0.25, 0.3) is 0 Å². The number of halogens is 2. The fourth-order valence-electron chi connectivity index (χ4n) is 3.00. The van der Waals surface area contributed by atoms with Gasteiger partial charge in [-0.05, 0) is 31.5 Å². The van der Waals surface area contributed by atoms with Crippen LogP contribution in [0.3, 0.4) is 0 Å². The van der Waals surface area contributed by atoms with E-state index >= 15 is 0 Å². The monoisotopic (exact) mass is 435 g/mol. The number of imidazole rings is 1. The number of nitrogens with zero attached hydrogens (tertiary/aromatic N) is 3. The highest BCUT2D eigenvalue weighted by atomic mass is 35.5. The summed E-state index contributed by atoms with van der Waals surface area (Å²) in [5.74, 6) is 1.08. The molecule has 9 heteroatoms. The van der Waals surface area contributed by atoms with Crippen molar-refractivity contribution in [3.63, 3.8) is 0 Å². The van der Waals surface area contributed by atoms with Crippen LogP contribution < -0.4 is 0 Å². The van der Waals surface area contributed by atoms with Crippen LogP contribution in [0.1, 0.15) is 27.2 Å². The molecule has 1 unspecified atom stereocenters. The van der Waals surface area contributed by atoms with Crippen LogP contribution in [0.4, 0.5) is 0 Å². The lowest BCUT2D eigenvalue weighted by atomic mass is 10.3. The van der Waals surface area contributed by atoms with Crippen LogP contribution in [0.25, 0.3) is 11.0 Å². The number of hydrogen-bond donors (Lipinski definition) is 0. The molecule has 0 aliphatic heterocycles. The summed E-state index contributed by atoms with van der Waals surface area (Å²) in [5.41, 5.74) is 1.63. The molecule has 144 valence electrons. The van der Waals surface area contributed by atoms with E-state index in [4.69, 9.17) is 23.2 Å². The zero-order valence-corrected chi connectivity index (χ0v) is 18.2. The standard InChI is InChI=1S/C17H23Cl2N3O2S2/c1-4-21(5-2)26(23,24)13-7-8-15-14(9-13)20-16(22(15)6-3)25-11-12-10-17(12,18)19/h7-9,12H,4-6,10-11H2,1-3H3. The van der Waals surface area contributed by atoms with Crippen molar-refractivity contribution in [2.75, 3.05) is 18.8 Å². The van der Waals surface area contributed by atoms with Gasteiger partial charge in [-0.25, -0.2) is 13.4 Å². The van der Waals surface area contributed by atoms with Crippen molar-refractivity contribution in [3.05, 3.63) is 18.2 Å². The fraction of sp³-hybridized carbons (Fsp3) is 0.588. The molecule has 0 bridgehead atoms. The lowest BCUT2D eigenvalue weighted by molar-refractivity contribution is 0.445. The van der Waals surface area contributed by atoms with Gasteiger partial charge in [-0.2, -0.15) is 4.31 Å². The molecule has 1 saturated carbocycles. The van der Waals surface area contributed by atoms with Gasteiger partial charge in [0.05, 0.1) is 15.9 Å². The number of hydrogen-bond acceptors (Lipinski definition) is 4. The Balaban J connectivity index is 1.92. The molecule has 26 heavy (non-hydrogen) atoms. The van der Waals surface area contributed by atoms with Crippen molar-refractivity contribution >= 4 is 56.0 Å². The summed E-state index contributed by atoms with van der Waals surface area (Å²) >= 11 is 13.8. The van der Waals surface area contributed by atoms with E-state index in [-0.39, 0.29) is 10.8 Å². The van der Waals surface area contributed by atoms with Crippen molar-refractivity contribution in [2.24, 2.45) is 5.92 Å². The average molecular weight is 436 g/mol. The van der Waals surface area contributed by atoms with Gasteiger partial charge in [0.2, 0.25) is 10.0 Å². The summed E-state index contributed by atoms with van der Waals surface area (Å²) in [6, 6.07) is 5.18. The van der Waals surface area contributed by atoms with Gasteiger partial charge >= 0.3 is 0 Å². The van der Waals surface area contributed by atoms with E-state index in [1.807, 2.05) is 19.9 Å². The van der Waals surface area contributed by atoms with Gasteiger partial charge in [0.1, 0.15) is 4.33 Å². The van der Waals surface area contributed by atoms with E-state index in [0.29, 0.717) is 18.6 Å². The van der Waals surface area contributed by atoms with Crippen molar-refractivity contribution in [1.82, 2.24) is 13.9 Å². The molecular weight excluding hydrogens is 413 g/mol. The van der Waals surface area contributed by atoms with E-state index in [1.165, 1.54) is 4.31 Å². The lowest BCUT2D eigenvalue weighted by Crippen LogP contribution is -2.30. The molecular formula is C17H23Cl2N3O2S2. The molecule has 1 aliphatic carbocycles. The highest BCUT2D eigenvalue weighted by molar-refractivity contribution is 7.99. The number of fused-ring (bicyclic) bond motifs is 1. The van der Waals surface area contributed by atoms with Crippen LogP contribution in [0.2, 0.25) is 0 Å². The van der Waals surface area contributed by atoms with Crippen molar-refractivity contribution in [1.29, 1.82) is 0 Å². The highest BCUT2D eigenvalue weighted by Crippen LogP contribution is 2.54. The normalized spacial score (nSPS) is 19.4. The first-order valence-corrected chi connectivity index (χ1v) is 11.9. The maximum Gasteiger partial charge on any atom is 0.243 e. The van der Waals surface area contributed by atoms with E-state index in [1.54, 1.807) is 23.9 Å². The Bertz CT molecular complexity index is 908. The Kier molecular flexibility index (Phi) is 5.85. The van der Waals surface area contributed by atoms with Crippen molar-refractivity contribution in [2.45, 2.75) is 48.1 Å². The molecule has 0 radical (unpaired) electrons. The molecule has 3 rings (SSSR count). The molecule has 1 fully saturated rings. The fourth-order valence-corrected chi connectivity index (χ4v) is 6.49. The second kappa shape index (κ2) is 7.51. The summed E-state index contributed by atoms with van der Waals surface area (Å²) in [7, 11) is -3.49. The Morgan fingerprint density at radius 3 is 2.50 bits per heavy atom. The van der Waals surface area contributed by atoms with Gasteiger partial charge in [-0.15, -0.1) is 23.2 Å². The summed E-state index contributed by atoms with van der Waals surface area (Å²) in [6.45, 7) is 7.38. The minimum Gasteiger partial charge on any atom is -0.319 e. The third kappa shape index (κ3) is 3.74. The third-order valence-corrected chi connectivity index (χ3v) is 8.82. The number of sulfonamides is 1. The Morgan fingerprint density at radius 1 is 1.31 bits per heavy atom. The summed E-state index contributed by atoms with van der Waals surface area (Å²) < 4.78 is 28.5.